The van der Waals surface area contributed by atoms with E-state index < -0.39 is 35.8 Å². The van der Waals surface area contributed by atoms with Crippen LogP contribution in [0.2, 0.25) is 0 Å². The van der Waals surface area contributed by atoms with Crippen LogP contribution in [0.15, 0.2) is 24.3 Å². The molecule has 0 saturated carbocycles. The van der Waals surface area contributed by atoms with Gasteiger partial charge in [-0.2, -0.15) is 5.26 Å². The molecule has 0 aromatic heterocycles. The van der Waals surface area contributed by atoms with Crippen LogP contribution in [0.3, 0.4) is 0 Å². The zero-order valence-corrected chi connectivity index (χ0v) is 22.2. The number of carboxylic acid groups (broad SMARTS) is 1. The number of amides is 3. The minimum atomic E-state index is -1.02. The molecule has 2 bridgehead atoms. The Labute approximate surface area is 222 Å². The minimum Gasteiger partial charge on any atom is -0.478 e. The van der Waals surface area contributed by atoms with Crippen molar-refractivity contribution in [3.63, 3.8) is 0 Å². The molecular weight excluding hydrogens is 490 g/mol. The van der Waals surface area contributed by atoms with Gasteiger partial charge in [-0.25, -0.2) is 9.59 Å². The molecule has 0 aliphatic carbocycles. The van der Waals surface area contributed by atoms with Crippen LogP contribution >= 0.6 is 0 Å². The van der Waals surface area contributed by atoms with Crippen LogP contribution in [0, 0.1) is 11.3 Å². The number of fused-ring (bicyclic) bond motifs is 2. The average molecular weight is 526 g/mol. The maximum absolute atomic E-state index is 13.5. The van der Waals surface area contributed by atoms with Crippen molar-refractivity contribution in [3.8, 4) is 6.07 Å². The van der Waals surface area contributed by atoms with Gasteiger partial charge in [-0.15, -0.1) is 0 Å². The largest absolute Gasteiger partial charge is 0.478 e. The SMILES string of the molecule is C[C@H](c1cccc(C(=O)O)c1)N1C(=O)[C@H]2C[C@@H]1CN2C[C@H](NC(=O)OC(C)(C)C)C(=O)N1CCC[C@H]1C#N. The molecule has 0 spiro atoms. The summed E-state index contributed by atoms with van der Waals surface area (Å²) < 4.78 is 5.38. The molecule has 0 radical (unpaired) electrons. The lowest BCUT2D eigenvalue weighted by Crippen LogP contribution is -2.59. The molecule has 3 heterocycles. The highest BCUT2D eigenvalue weighted by molar-refractivity contribution is 5.89. The molecule has 4 rings (SSSR count). The van der Waals surface area contributed by atoms with E-state index in [0.717, 1.165) is 5.56 Å². The standard InChI is InChI=1S/C27H35N5O6/c1-16(17-7-5-8-18(11-17)25(35)36)32-20-12-22(24(32)34)30(14-20)15-21(29-26(37)38-27(2,3)4)23(33)31-10-6-9-19(31)13-28/h5,7-8,11,16,19-22H,6,9-10,12,14-15H2,1-4H3,(H,29,37)(H,35,36)/t16-,19+,20-,21+,22-/m1/s1. The molecule has 2 N–H and O–H groups in total. The lowest BCUT2D eigenvalue weighted by molar-refractivity contribution is -0.141. The Morgan fingerprint density at radius 3 is 2.66 bits per heavy atom. The molecule has 3 amide bonds. The number of nitrogens with one attached hydrogen (secondary N) is 1. The molecule has 11 nitrogen and oxygen atoms in total. The first-order valence-electron chi connectivity index (χ1n) is 13.0. The molecule has 5 atom stereocenters. The monoisotopic (exact) mass is 525 g/mol. The van der Waals surface area contributed by atoms with Gasteiger partial charge in [0.25, 0.3) is 0 Å². The topological polar surface area (TPSA) is 143 Å². The number of carbonyl (C=O) groups is 4. The highest BCUT2D eigenvalue weighted by Crippen LogP contribution is 2.38. The molecule has 3 aliphatic heterocycles. The Morgan fingerprint density at radius 1 is 1.29 bits per heavy atom. The fourth-order valence-corrected chi connectivity index (χ4v) is 5.73. The third kappa shape index (κ3) is 5.60. The summed E-state index contributed by atoms with van der Waals surface area (Å²) in [5, 5.41) is 21.5. The van der Waals surface area contributed by atoms with E-state index in [2.05, 4.69) is 11.4 Å². The van der Waals surface area contributed by atoms with E-state index in [1.807, 2.05) is 17.9 Å². The summed E-state index contributed by atoms with van der Waals surface area (Å²) in [5.41, 5.74) is 0.158. The van der Waals surface area contributed by atoms with Gasteiger partial charge in [-0.05, 0) is 64.7 Å². The number of aromatic carboxylic acids is 1. The normalized spacial score (nSPS) is 24.7. The Balaban J connectivity index is 1.49. The minimum absolute atomic E-state index is 0.0889. The van der Waals surface area contributed by atoms with Crippen molar-refractivity contribution in [1.82, 2.24) is 20.0 Å². The number of hydrogen-bond donors (Lipinski definition) is 2. The summed E-state index contributed by atoms with van der Waals surface area (Å²) in [5.74, 6) is -1.47. The van der Waals surface area contributed by atoms with Gasteiger partial charge in [0, 0.05) is 25.7 Å². The molecule has 3 aliphatic rings. The summed E-state index contributed by atoms with van der Waals surface area (Å²) in [4.78, 5) is 56.1. The number of hydrogen-bond acceptors (Lipinski definition) is 7. The fourth-order valence-electron chi connectivity index (χ4n) is 5.73. The molecule has 3 fully saturated rings. The highest BCUT2D eigenvalue weighted by atomic mass is 16.6. The summed E-state index contributed by atoms with van der Waals surface area (Å²) in [7, 11) is 0. The molecule has 1 aromatic carbocycles. The van der Waals surface area contributed by atoms with E-state index >= 15 is 0 Å². The molecule has 1 aromatic rings. The zero-order valence-electron chi connectivity index (χ0n) is 22.2. The van der Waals surface area contributed by atoms with Gasteiger partial charge >= 0.3 is 12.1 Å². The first-order chi connectivity index (χ1) is 17.9. The second kappa shape index (κ2) is 10.6. The van der Waals surface area contributed by atoms with Crippen LogP contribution in [0.4, 0.5) is 4.79 Å². The highest BCUT2D eigenvalue weighted by Gasteiger charge is 2.52. The van der Waals surface area contributed by atoms with E-state index in [-0.39, 0.29) is 36.0 Å². The summed E-state index contributed by atoms with van der Waals surface area (Å²) in [6, 6.07) is 6.38. The number of nitrogens with zero attached hydrogens (tertiary/aromatic N) is 4. The molecule has 204 valence electrons. The number of ether oxygens (including phenoxy) is 1. The average Bonchev–Trinajstić information content (AvgIpc) is 3.56. The van der Waals surface area contributed by atoms with E-state index in [1.54, 1.807) is 37.8 Å². The zero-order chi connectivity index (χ0) is 27.8. The number of carbonyl (C=O) groups excluding carboxylic acids is 3. The van der Waals surface area contributed by atoms with Crippen LogP contribution in [-0.2, 0) is 14.3 Å². The van der Waals surface area contributed by atoms with E-state index in [1.165, 1.54) is 11.0 Å². The third-order valence-electron chi connectivity index (χ3n) is 7.44. The Bertz CT molecular complexity index is 1160. The molecular formula is C27H35N5O6. The lowest BCUT2D eigenvalue weighted by atomic mass is 10.0. The lowest BCUT2D eigenvalue weighted by Gasteiger charge is -2.39. The fraction of sp³-hybridized carbons (Fsp3) is 0.593. The van der Waals surface area contributed by atoms with Gasteiger partial charge in [0.15, 0.2) is 0 Å². The quantitative estimate of drug-likeness (QED) is 0.551. The first kappa shape index (κ1) is 27.4. The maximum atomic E-state index is 13.5. The first-order valence-corrected chi connectivity index (χ1v) is 13.0. The number of nitriles is 1. The maximum Gasteiger partial charge on any atom is 0.408 e. The molecule has 3 saturated heterocycles. The Kier molecular flexibility index (Phi) is 7.65. The van der Waals surface area contributed by atoms with E-state index in [4.69, 9.17) is 4.74 Å². The number of rotatable bonds is 7. The molecule has 11 heteroatoms. The van der Waals surface area contributed by atoms with Crippen molar-refractivity contribution in [3.05, 3.63) is 35.4 Å². The number of benzene rings is 1. The summed E-state index contributed by atoms with van der Waals surface area (Å²) in [6.07, 6.45) is 1.16. The van der Waals surface area contributed by atoms with Gasteiger partial charge < -0.3 is 25.0 Å². The predicted octanol–water partition coefficient (Wildman–Crippen LogP) is 2.14. The Hall–Kier alpha value is -3.65. The number of likely N-dealkylation sites (tertiary alicyclic amines) is 3. The van der Waals surface area contributed by atoms with E-state index in [9.17, 15) is 29.5 Å². The van der Waals surface area contributed by atoms with Crippen LogP contribution in [0.1, 0.15) is 68.9 Å². The van der Waals surface area contributed by atoms with Crippen molar-refractivity contribution >= 4 is 23.9 Å². The number of carboxylic acids is 1. The van der Waals surface area contributed by atoms with E-state index in [0.29, 0.717) is 32.4 Å². The van der Waals surface area contributed by atoms with Crippen molar-refractivity contribution in [1.29, 1.82) is 5.26 Å². The number of piperazine rings is 1. The van der Waals surface area contributed by atoms with Gasteiger partial charge in [-0.1, -0.05) is 12.1 Å². The second-order valence-corrected chi connectivity index (χ2v) is 11.2. The third-order valence-corrected chi connectivity index (χ3v) is 7.44. The summed E-state index contributed by atoms with van der Waals surface area (Å²) >= 11 is 0. The van der Waals surface area contributed by atoms with Gasteiger partial charge in [0.1, 0.15) is 17.7 Å². The van der Waals surface area contributed by atoms with Crippen molar-refractivity contribution in [2.75, 3.05) is 19.6 Å². The predicted molar refractivity (Wildman–Crippen MR) is 136 cm³/mol. The molecule has 0 unspecified atom stereocenters. The van der Waals surface area contributed by atoms with Gasteiger partial charge in [0.2, 0.25) is 11.8 Å². The number of alkyl carbamates (subject to hydrolysis) is 1. The second-order valence-electron chi connectivity index (χ2n) is 11.2. The smallest absolute Gasteiger partial charge is 0.408 e. The van der Waals surface area contributed by atoms with Gasteiger partial charge in [0.05, 0.1) is 23.7 Å². The van der Waals surface area contributed by atoms with Crippen LogP contribution in [0.25, 0.3) is 0 Å². The molecule has 38 heavy (non-hydrogen) atoms. The van der Waals surface area contributed by atoms with Crippen LogP contribution in [-0.4, -0.2) is 93.1 Å². The van der Waals surface area contributed by atoms with Crippen molar-refractivity contribution in [2.45, 2.75) is 82.8 Å². The van der Waals surface area contributed by atoms with Crippen LogP contribution < -0.4 is 5.32 Å². The summed E-state index contributed by atoms with van der Waals surface area (Å²) in [6.45, 7) is 8.16. The Morgan fingerprint density at radius 2 is 2.03 bits per heavy atom. The van der Waals surface area contributed by atoms with Gasteiger partial charge in [-0.3, -0.25) is 14.5 Å². The van der Waals surface area contributed by atoms with Crippen LogP contribution in [0.5, 0.6) is 0 Å². The van der Waals surface area contributed by atoms with Crippen molar-refractivity contribution < 1.29 is 29.0 Å². The van der Waals surface area contributed by atoms with Crippen molar-refractivity contribution in [2.24, 2.45) is 0 Å².